The van der Waals surface area contributed by atoms with Gasteiger partial charge in [0, 0.05) is 6.07 Å². The Morgan fingerprint density at radius 3 is 1.71 bits per heavy atom. The molecular weight excluding hydrogens is 225 g/mol. The SMILES string of the molecule is Cc1ccc(F)cc1F.Cc1ccccc1F. The molecule has 17 heavy (non-hydrogen) atoms. The Hall–Kier alpha value is -1.77. The highest BCUT2D eigenvalue weighted by Gasteiger charge is 1.95. The minimum Gasteiger partial charge on any atom is -0.207 e. The van der Waals surface area contributed by atoms with Crippen molar-refractivity contribution in [3.05, 3.63) is 71.0 Å². The number of hydrogen-bond acceptors (Lipinski definition) is 0. The minimum absolute atomic E-state index is 0.132. The van der Waals surface area contributed by atoms with E-state index in [4.69, 9.17) is 0 Å². The van der Waals surface area contributed by atoms with Gasteiger partial charge in [-0.25, -0.2) is 13.2 Å². The molecule has 2 aromatic carbocycles. The van der Waals surface area contributed by atoms with E-state index in [1.54, 1.807) is 26.0 Å². The third-order valence-electron chi connectivity index (χ3n) is 2.21. The summed E-state index contributed by atoms with van der Waals surface area (Å²) in [6.45, 7) is 3.34. The highest BCUT2D eigenvalue weighted by molar-refractivity contribution is 5.16. The van der Waals surface area contributed by atoms with E-state index in [9.17, 15) is 13.2 Å². The smallest absolute Gasteiger partial charge is 0.129 e. The van der Waals surface area contributed by atoms with Crippen molar-refractivity contribution in [2.24, 2.45) is 0 Å². The van der Waals surface area contributed by atoms with Crippen LogP contribution in [0.4, 0.5) is 13.2 Å². The van der Waals surface area contributed by atoms with Gasteiger partial charge in [-0.2, -0.15) is 0 Å². The molecule has 0 radical (unpaired) electrons. The predicted octanol–water partition coefficient (Wildman–Crippen LogP) is 4.41. The Morgan fingerprint density at radius 2 is 1.29 bits per heavy atom. The molecule has 0 amide bonds. The van der Waals surface area contributed by atoms with Crippen molar-refractivity contribution in [2.75, 3.05) is 0 Å². The van der Waals surface area contributed by atoms with Gasteiger partial charge >= 0.3 is 0 Å². The summed E-state index contributed by atoms with van der Waals surface area (Å²) in [5.41, 5.74) is 1.17. The first-order chi connectivity index (χ1) is 8.00. The van der Waals surface area contributed by atoms with E-state index in [1.807, 2.05) is 6.07 Å². The summed E-state index contributed by atoms with van der Waals surface area (Å²) in [6, 6.07) is 10.2. The van der Waals surface area contributed by atoms with E-state index in [1.165, 1.54) is 18.2 Å². The summed E-state index contributed by atoms with van der Waals surface area (Å²) in [5, 5.41) is 0. The summed E-state index contributed by atoms with van der Waals surface area (Å²) in [4.78, 5) is 0. The number of aryl methyl sites for hydroxylation is 2. The molecule has 2 rings (SSSR count). The molecule has 0 aliphatic rings. The second-order valence-corrected chi connectivity index (χ2v) is 3.64. The van der Waals surface area contributed by atoms with E-state index in [2.05, 4.69) is 0 Å². The lowest BCUT2D eigenvalue weighted by molar-refractivity contribution is 0.577. The Bertz CT molecular complexity index is 472. The van der Waals surface area contributed by atoms with Gasteiger partial charge in [0.25, 0.3) is 0 Å². The first-order valence-electron chi connectivity index (χ1n) is 5.13. The molecule has 90 valence electrons. The lowest BCUT2D eigenvalue weighted by Gasteiger charge is -1.92. The van der Waals surface area contributed by atoms with Gasteiger partial charge < -0.3 is 0 Å². The van der Waals surface area contributed by atoms with Crippen molar-refractivity contribution >= 4 is 0 Å². The zero-order valence-electron chi connectivity index (χ0n) is 9.68. The van der Waals surface area contributed by atoms with Crippen LogP contribution >= 0.6 is 0 Å². The van der Waals surface area contributed by atoms with Crippen LogP contribution in [0.2, 0.25) is 0 Å². The number of hydrogen-bond donors (Lipinski definition) is 0. The van der Waals surface area contributed by atoms with Crippen LogP contribution in [0, 0.1) is 31.3 Å². The molecule has 0 spiro atoms. The molecule has 0 nitrogen and oxygen atoms in total. The molecule has 0 N–H and O–H groups in total. The largest absolute Gasteiger partial charge is 0.207 e. The van der Waals surface area contributed by atoms with Crippen molar-refractivity contribution in [3.63, 3.8) is 0 Å². The molecule has 0 atom stereocenters. The lowest BCUT2D eigenvalue weighted by atomic mass is 10.2. The predicted molar refractivity (Wildman–Crippen MR) is 62.2 cm³/mol. The second-order valence-electron chi connectivity index (χ2n) is 3.64. The van der Waals surface area contributed by atoms with Crippen LogP contribution < -0.4 is 0 Å². The Morgan fingerprint density at radius 1 is 0.706 bits per heavy atom. The molecule has 0 unspecified atom stereocenters. The van der Waals surface area contributed by atoms with Gasteiger partial charge in [-0.3, -0.25) is 0 Å². The molecule has 3 heteroatoms. The van der Waals surface area contributed by atoms with Crippen molar-refractivity contribution in [1.29, 1.82) is 0 Å². The third kappa shape index (κ3) is 4.31. The van der Waals surface area contributed by atoms with Crippen LogP contribution in [-0.4, -0.2) is 0 Å². The zero-order valence-corrected chi connectivity index (χ0v) is 9.68. The fourth-order valence-corrected chi connectivity index (χ4v) is 1.12. The number of benzene rings is 2. The summed E-state index contributed by atoms with van der Waals surface area (Å²) in [7, 11) is 0. The monoisotopic (exact) mass is 238 g/mol. The molecule has 0 bridgehead atoms. The second kappa shape index (κ2) is 6.09. The highest BCUT2D eigenvalue weighted by Crippen LogP contribution is 2.06. The molecule has 0 aliphatic carbocycles. The minimum atomic E-state index is -0.530. The average molecular weight is 238 g/mol. The molecule has 0 saturated heterocycles. The van der Waals surface area contributed by atoms with Gasteiger partial charge in [0.1, 0.15) is 17.5 Å². The topological polar surface area (TPSA) is 0 Å². The van der Waals surface area contributed by atoms with Gasteiger partial charge in [0.2, 0.25) is 0 Å². The first kappa shape index (κ1) is 13.3. The number of rotatable bonds is 0. The van der Waals surface area contributed by atoms with E-state index in [-0.39, 0.29) is 5.82 Å². The quantitative estimate of drug-likeness (QED) is 0.637. The average Bonchev–Trinajstić information content (AvgIpc) is 2.29. The van der Waals surface area contributed by atoms with E-state index < -0.39 is 11.6 Å². The molecular formula is C14H13F3. The van der Waals surface area contributed by atoms with Gasteiger partial charge in [0.15, 0.2) is 0 Å². The van der Waals surface area contributed by atoms with Crippen LogP contribution in [0.5, 0.6) is 0 Å². The maximum atomic E-state index is 12.3. The van der Waals surface area contributed by atoms with E-state index in [0.717, 1.165) is 6.07 Å². The first-order valence-corrected chi connectivity index (χ1v) is 5.13. The highest BCUT2D eigenvalue weighted by atomic mass is 19.1. The van der Waals surface area contributed by atoms with E-state index in [0.29, 0.717) is 11.1 Å². The van der Waals surface area contributed by atoms with Crippen LogP contribution in [-0.2, 0) is 0 Å². The summed E-state index contributed by atoms with van der Waals surface area (Å²) < 4.78 is 36.8. The van der Waals surface area contributed by atoms with Crippen LogP contribution in [0.3, 0.4) is 0 Å². The molecule has 0 fully saturated rings. The van der Waals surface area contributed by atoms with Gasteiger partial charge in [-0.05, 0) is 37.1 Å². The Labute approximate surface area is 98.7 Å². The van der Waals surface area contributed by atoms with Crippen LogP contribution in [0.1, 0.15) is 11.1 Å². The number of halogens is 3. The van der Waals surface area contributed by atoms with Crippen LogP contribution in [0.25, 0.3) is 0 Å². The molecule has 2 aromatic rings. The van der Waals surface area contributed by atoms with Crippen molar-refractivity contribution in [3.8, 4) is 0 Å². The zero-order chi connectivity index (χ0) is 12.8. The fraction of sp³-hybridized carbons (Fsp3) is 0.143. The van der Waals surface area contributed by atoms with Crippen LogP contribution in [0.15, 0.2) is 42.5 Å². The van der Waals surface area contributed by atoms with Crippen molar-refractivity contribution < 1.29 is 13.2 Å². The molecule has 0 aliphatic heterocycles. The lowest BCUT2D eigenvalue weighted by Crippen LogP contribution is -1.81. The Kier molecular flexibility index (Phi) is 4.76. The van der Waals surface area contributed by atoms with Gasteiger partial charge in [-0.1, -0.05) is 24.3 Å². The van der Waals surface area contributed by atoms with E-state index >= 15 is 0 Å². The van der Waals surface area contributed by atoms with Crippen molar-refractivity contribution in [2.45, 2.75) is 13.8 Å². The summed E-state index contributed by atoms with van der Waals surface area (Å²) >= 11 is 0. The standard InChI is InChI=1S/C7H6F2.C7H7F/c1-5-2-3-6(8)4-7(5)9;1-6-4-2-3-5-7(6)8/h2-4H,1H3;2-5H,1H3. The summed E-state index contributed by atoms with van der Waals surface area (Å²) in [5.74, 6) is -1.15. The van der Waals surface area contributed by atoms with Gasteiger partial charge in [-0.15, -0.1) is 0 Å². The normalized spacial score (nSPS) is 9.47. The van der Waals surface area contributed by atoms with Crippen molar-refractivity contribution in [1.82, 2.24) is 0 Å². The molecule has 0 saturated carbocycles. The maximum absolute atomic E-state index is 12.3. The Balaban J connectivity index is 0.000000171. The van der Waals surface area contributed by atoms with Gasteiger partial charge in [0.05, 0.1) is 0 Å². The fourth-order valence-electron chi connectivity index (χ4n) is 1.12. The third-order valence-corrected chi connectivity index (χ3v) is 2.21. The maximum Gasteiger partial charge on any atom is 0.129 e. The summed E-state index contributed by atoms with van der Waals surface area (Å²) in [6.07, 6.45) is 0. The molecule has 0 aromatic heterocycles. The molecule has 0 heterocycles.